The number of anilines is 2. The summed E-state index contributed by atoms with van der Waals surface area (Å²) in [4.78, 5) is 31.2. The van der Waals surface area contributed by atoms with E-state index >= 15 is 0 Å². The first kappa shape index (κ1) is 29.7. The minimum atomic E-state index is -0.525. The molecule has 0 unspecified atom stereocenters. The van der Waals surface area contributed by atoms with Crippen LogP contribution in [-0.2, 0) is 22.4 Å². The number of ether oxygens (including phenoxy) is 3. The average Bonchev–Trinajstić information content (AvgIpc) is 2.98. The van der Waals surface area contributed by atoms with Gasteiger partial charge in [-0.2, -0.15) is 9.97 Å². The van der Waals surface area contributed by atoms with Gasteiger partial charge < -0.3 is 33.8 Å². The summed E-state index contributed by atoms with van der Waals surface area (Å²) < 4.78 is 17.7. The Morgan fingerprint density at radius 2 is 1.79 bits per heavy atom. The number of hydrogen-bond acceptors (Lipinski definition) is 9. The molecule has 11 heteroatoms. The Labute approximate surface area is 258 Å². The molecule has 0 aliphatic carbocycles. The van der Waals surface area contributed by atoms with E-state index < -0.39 is 5.60 Å². The standard InChI is InChI=1S/C32H41ClN6O4/c1-32(2,3)43-31(40)38-15-13-37(14-16-38)29-24-11-12-39(27-10-6-8-22-7-5-9-25(33)28(22)27)20-26(24)34-30(35-29)42-21-23-19-36(4)17-18-41-23/h5-10,23H,11-21H2,1-4H3/t23-/m1/s1. The minimum Gasteiger partial charge on any atom is -0.461 e. The molecule has 2 saturated heterocycles. The van der Waals surface area contributed by atoms with E-state index in [1.54, 1.807) is 4.90 Å². The van der Waals surface area contributed by atoms with Crippen molar-refractivity contribution in [1.82, 2.24) is 19.8 Å². The fourth-order valence-corrected chi connectivity index (χ4v) is 6.30. The number of fused-ring (bicyclic) bond motifs is 2. The SMILES string of the molecule is CN1CCO[C@@H](COc2nc3c(c(N4CCN(C(=O)OC(C)(C)C)CC4)n2)CCN(c2cccc4cccc(Cl)c24)C3)C1. The molecule has 1 amide bonds. The molecule has 10 nitrogen and oxygen atoms in total. The van der Waals surface area contributed by atoms with Crippen molar-refractivity contribution in [2.75, 3.05) is 75.9 Å². The van der Waals surface area contributed by atoms with Gasteiger partial charge in [-0.1, -0.05) is 35.9 Å². The molecule has 0 radical (unpaired) electrons. The van der Waals surface area contributed by atoms with E-state index in [1.807, 2.05) is 32.9 Å². The molecular weight excluding hydrogens is 568 g/mol. The fraction of sp³-hybridized carbons (Fsp3) is 0.531. The smallest absolute Gasteiger partial charge is 0.410 e. The molecule has 3 aliphatic rings. The second-order valence-electron chi connectivity index (χ2n) is 12.6. The molecule has 2 fully saturated rings. The molecule has 1 atom stereocenters. The quantitative estimate of drug-likeness (QED) is 0.412. The highest BCUT2D eigenvalue weighted by atomic mass is 35.5. The maximum atomic E-state index is 12.7. The molecule has 3 aliphatic heterocycles. The van der Waals surface area contributed by atoms with Crippen LogP contribution in [0.1, 0.15) is 32.0 Å². The third-order valence-electron chi connectivity index (χ3n) is 8.17. The van der Waals surface area contributed by atoms with Gasteiger partial charge in [-0.15, -0.1) is 0 Å². The predicted molar refractivity (Wildman–Crippen MR) is 168 cm³/mol. The molecule has 0 N–H and O–H groups in total. The largest absolute Gasteiger partial charge is 0.461 e. The zero-order valence-electron chi connectivity index (χ0n) is 25.5. The lowest BCUT2D eigenvalue weighted by atomic mass is 10.0. The first-order valence-corrected chi connectivity index (χ1v) is 15.5. The van der Waals surface area contributed by atoms with Crippen LogP contribution >= 0.6 is 11.6 Å². The van der Waals surface area contributed by atoms with Crippen LogP contribution in [0.4, 0.5) is 16.3 Å². The van der Waals surface area contributed by atoms with E-state index in [-0.39, 0.29) is 12.2 Å². The van der Waals surface area contributed by atoms with Gasteiger partial charge in [0.1, 0.15) is 24.1 Å². The normalized spacial score (nSPS) is 19.8. The number of carbonyl (C=O) groups is 1. The van der Waals surface area contributed by atoms with E-state index in [1.165, 1.54) is 0 Å². The molecular formula is C32H41ClN6O4. The molecule has 0 spiro atoms. The summed E-state index contributed by atoms with van der Waals surface area (Å²) in [6, 6.07) is 12.7. The summed E-state index contributed by atoms with van der Waals surface area (Å²) in [5.74, 6) is 0.890. The summed E-state index contributed by atoms with van der Waals surface area (Å²) in [5.41, 5.74) is 2.66. The van der Waals surface area contributed by atoms with Crippen molar-refractivity contribution in [2.45, 2.75) is 45.4 Å². The first-order chi connectivity index (χ1) is 20.6. The van der Waals surface area contributed by atoms with Crippen LogP contribution in [0.15, 0.2) is 36.4 Å². The topological polar surface area (TPSA) is 83.5 Å². The number of rotatable bonds is 5. The number of halogens is 1. The number of carbonyl (C=O) groups excluding carboxylic acids is 1. The molecule has 0 saturated carbocycles. The summed E-state index contributed by atoms with van der Waals surface area (Å²) >= 11 is 6.70. The van der Waals surface area contributed by atoms with Gasteiger partial charge in [-0.05, 0) is 51.8 Å². The third-order valence-corrected chi connectivity index (χ3v) is 8.48. The summed E-state index contributed by atoms with van der Waals surface area (Å²) in [6.07, 6.45) is 0.477. The van der Waals surface area contributed by atoms with Gasteiger partial charge in [-0.25, -0.2) is 4.79 Å². The van der Waals surface area contributed by atoms with Crippen molar-refractivity contribution in [2.24, 2.45) is 0 Å². The van der Waals surface area contributed by atoms with E-state index in [9.17, 15) is 4.79 Å². The van der Waals surface area contributed by atoms with Crippen molar-refractivity contribution >= 4 is 40.0 Å². The Morgan fingerprint density at radius 3 is 2.53 bits per heavy atom. The number of morpholine rings is 1. The Balaban J connectivity index is 1.26. The van der Waals surface area contributed by atoms with Crippen LogP contribution in [0, 0.1) is 0 Å². The molecule has 0 bridgehead atoms. The molecule has 4 heterocycles. The van der Waals surface area contributed by atoms with Crippen LogP contribution in [0.25, 0.3) is 10.8 Å². The van der Waals surface area contributed by atoms with Crippen molar-refractivity contribution in [1.29, 1.82) is 0 Å². The second kappa shape index (κ2) is 12.3. The van der Waals surface area contributed by atoms with Crippen LogP contribution in [0.2, 0.25) is 5.02 Å². The van der Waals surface area contributed by atoms with Gasteiger partial charge in [0.25, 0.3) is 0 Å². The van der Waals surface area contributed by atoms with Gasteiger partial charge in [0, 0.05) is 62.5 Å². The number of likely N-dealkylation sites (N-methyl/N-ethyl adjacent to an activating group) is 1. The maximum absolute atomic E-state index is 12.7. The molecule has 230 valence electrons. The third kappa shape index (κ3) is 6.76. The van der Waals surface area contributed by atoms with Crippen molar-refractivity contribution in [3.8, 4) is 6.01 Å². The van der Waals surface area contributed by atoms with Crippen LogP contribution in [-0.4, -0.2) is 104 Å². The van der Waals surface area contributed by atoms with Crippen LogP contribution in [0.3, 0.4) is 0 Å². The fourth-order valence-electron chi connectivity index (χ4n) is 6.02. The number of aromatic nitrogens is 2. The second-order valence-corrected chi connectivity index (χ2v) is 13.0. The van der Waals surface area contributed by atoms with E-state index in [0.29, 0.717) is 51.9 Å². The monoisotopic (exact) mass is 608 g/mol. The van der Waals surface area contributed by atoms with Crippen molar-refractivity contribution in [3.63, 3.8) is 0 Å². The number of amides is 1. The van der Waals surface area contributed by atoms with Gasteiger partial charge in [-0.3, -0.25) is 0 Å². The number of benzene rings is 2. The van der Waals surface area contributed by atoms with Crippen LogP contribution < -0.4 is 14.5 Å². The zero-order chi connectivity index (χ0) is 30.1. The van der Waals surface area contributed by atoms with Crippen LogP contribution in [0.5, 0.6) is 6.01 Å². The number of piperazine rings is 1. The average molecular weight is 609 g/mol. The molecule has 1 aromatic heterocycles. The summed E-state index contributed by atoms with van der Waals surface area (Å²) in [7, 11) is 2.09. The Morgan fingerprint density at radius 1 is 1.02 bits per heavy atom. The first-order valence-electron chi connectivity index (χ1n) is 15.1. The highest BCUT2D eigenvalue weighted by Gasteiger charge is 2.31. The Hall–Kier alpha value is -3.34. The van der Waals surface area contributed by atoms with Crippen molar-refractivity contribution < 1.29 is 19.0 Å². The Bertz CT molecular complexity index is 1470. The highest BCUT2D eigenvalue weighted by molar-refractivity contribution is 6.36. The van der Waals surface area contributed by atoms with E-state index in [0.717, 1.165) is 64.6 Å². The molecule has 2 aromatic carbocycles. The Kier molecular flexibility index (Phi) is 8.53. The molecule has 6 rings (SSSR count). The maximum Gasteiger partial charge on any atom is 0.410 e. The molecule has 3 aromatic rings. The lowest BCUT2D eigenvalue weighted by Crippen LogP contribution is -2.50. The highest BCUT2D eigenvalue weighted by Crippen LogP contribution is 2.37. The number of hydrogen-bond donors (Lipinski definition) is 0. The lowest BCUT2D eigenvalue weighted by molar-refractivity contribution is -0.0417. The van der Waals surface area contributed by atoms with Gasteiger partial charge in [0.15, 0.2) is 0 Å². The van der Waals surface area contributed by atoms with E-state index in [2.05, 4.69) is 46.0 Å². The minimum absolute atomic E-state index is 0.0338. The van der Waals surface area contributed by atoms with Gasteiger partial charge >= 0.3 is 12.1 Å². The predicted octanol–water partition coefficient (Wildman–Crippen LogP) is 4.61. The van der Waals surface area contributed by atoms with E-state index in [4.69, 9.17) is 35.8 Å². The lowest BCUT2D eigenvalue weighted by Gasteiger charge is -2.38. The zero-order valence-corrected chi connectivity index (χ0v) is 26.3. The molecule has 43 heavy (non-hydrogen) atoms. The van der Waals surface area contributed by atoms with Crippen molar-refractivity contribution in [3.05, 3.63) is 52.7 Å². The summed E-state index contributed by atoms with van der Waals surface area (Å²) in [5, 5.41) is 2.91. The number of nitrogens with zero attached hydrogens (tertiary/aromatic N) is 6. The summed E-state index contributed by atoms with van der Waals surface area (Å²) in [6.45, 7) is 12.3. The van der Waals surface area contributed by atoms with Gasteiger partial charge in [0.05, 0.1) is 23.9 Å². The van der Waals surface area contributed by atoms with Gasteiger partial charge in [0.2, 0.25) is 0 Å².